The van der Waals surface area contributed by atoms with Crippen LogP contribution in [-0.2, 0) is 6.54 Å². The molecule has 0 aliphatic heterocycles. The van der Waals surface area contributed by atoms with Gasteiger partial charge in [0.15, 0.2) is 0 Å². The number of nitrogens with one attached hydrogen (secondary N) is 1. The van der Waals surface area contributed by atoms with E-state index < -0.39 is 0 Å². The molecular formula is C13H20ClN. The van der Waals surface area contributed by atoms with Gasteiger partial charge in [-0.2, -0.15) is 0 Å². The van der Waals surface area contributed by atoms with E-state index in [2.05, 4.69) is 50.0 Å². The van der Waals surface area contributed by atoms with E-state index in [1.165, 1.54) is 11.1 Å². The quantitative estimate of drug-likeness (QED) is 0.598. The summed E-state index contributed by atoms with van der Waals surface area (Å²) in [5.74, 6) is 0.616. The molecule has 0 atom stereocenters. The van der Waals surface area contributed by atoms with Gasteiger partial charge in [-0.3, -0.25) is 0 Å². The van der Waals surface area contributed by atoms with E-state index in [1.54, 1.807) is 0 Å². The highest BCUT2D eigenvalue weighted by atomic mass is 35.5. The van der Waals surface area contributed by atoms with Gasteiger partial charge in [0, 0.05) is 13.1 Å². The molecule has 0 bridgehead atoms. The van der Waals surface area contributed by atoms with Crippen LogP contribution in [0.15, 0.2) is 36.9 Å². The summed E-state index contributed by atoms with van der Waals surface area (Å²) in [6, 6.07) is 8.78. The Morgan fingerprint density at radius 1 is 1.27 bits per heavy atom. The molecule has 0 unspecified atom stereocenters. The average molecular weight is 226 g/mol. The van der Waals surface area contributed by atoms with Gasteiger partial charge in [0.2, 0.25) is 0 Å². The molecule has 2 heteroatoms. The zero-order valence-electron chi connectivity index (χ0n) is 9.49. The molecule has 0 spiro atoms. The van der Waals surface area contributed by atoms with Crippen LogP contribution in [0.2, 0.25) is 0 Å². The van der Waals surface area contributed by atoms with E-state index in [-0.39, 0.29) is 12.4 Å². The van der Waals surface area contributed by atoms with Crippen molar-refractivity contribution in [3.63, 3.8) is 0 Å². The van der Waals surface area contributed by atoms with Crippen molar-refractivity contribution < 1.29 is 0 Å². The van der Waals surface area contributed by atoms with Crippen LogP contribution in [0.3, 0.4) is 0 Å². The molecule has 0 radical (unpaired) electrons. The van der Waals surface area contributed by atoms with Gasteiger partial charge in [0.25, 0.3) is 0 Å². The summed E-state index contributed by atoms with van der Waals surface area (Å²) >= 11 is 0. The largest absolute Gasteiger partial charge is 0.309 e. The van der Waals surface area contributed by atoms with Crippen molar-refractivity contribution in [3.8, 4) is 0 Å². The third kappa shape index (κ3) is 5.01. The smallest absolute Gasteiger partial charge is 0.0208 e. The van der Waals surface area contributed by atoms with Gasteiger partial charge in [0.05, 0.1) is 0 Å². The van der Waals surface area contributed by atoms with Crippen LogP contribution in [-0.4, -0.2) is 6.54 Å². The first-order valence-corrected chi connectivity index (χ1v) is 5.14. The van der Waals surface area contributed by atoms with E-state index in [0.717, 1.165) is 13.1 Å². The van der Waals surface area contributed by atoms with E-state index in [9.17, 15) is 0 Å². The van der Waals surface area contributed by atoms with Crippen molar-refractivity contribution in [2.45, 2.75) is 26.3 Å². The van der Waals surface area contributed by atoms with Crippen LogP contribution in [0.4, 0.5) is 0 Å². The van der Waals surface area contributed by atoms with Gasteiger partial charge in [-0.1, -0.05) is 44.2 Å². The second-order valence-electron chi connectivity index (χ2n) is 3.82. The fourth-order valence-electron chi connectivity index (χ4n) is 1.34. The fourth-order valence-corrected chi connectivity index (χ4v) is 1.34. The lowest BCUT2D eigenvalue weighted by molar-refractivity contribution is 0.759. The monoisotopic (exact) mass is 225 g/mol. The molecule has 0 aromatic heterocycles. The van der Waals surface area contributed by atoms with Gasteiger partial charge in [-0.25, -0.2) is 0 Å². The van der Waals surface area contributed by atoms with Crippen LogP contribution >= 0.6 is 12.4 Å². The summed E-state index contributed by atoms with van der Waals surface area (Å²) < 4.78 is 0. The lowest BCUT2D eigenvalue weighted by atomic mass is 10.0. The van der Waals surface area contributed by atoms with Crippen molar-refractivity contribution in [1.29, 1.82) is 0 Å². The third-order valence-electron chi connectivity index (χ3n) is 2.26. The fraction of sp³-hybridized carbons (Fsp3) is 0.385. The van der Waals surface area contributed by atoms with Crippen molar-refractivity contribution >= 4 is 12.4 Å². The molecule has 0 saturated heterocycles. The molecular weight excluding hydrogens is 206 g/mol. The number of halogens is 1. The minimum Gasteiger partial charge on any atom is -0.309 e. The summed E-state index contributed by atoms with van der Waals surface area (Å²) in [6.45, 7) is 9.88. The highest BCUT2D eigenvalue weighted by molar-refractivity contribution is 5.85. The zero-order valence-corrected chi connectivity index (χ0v) is 10.3. The van der Waals surface area contributed by atoms with Crippen LogP contribution in [0.5, 0.6) is 0 Å². The Labute approximate surface area is 99.0 Å². The highest BCUT2D eigenvalue weighted by Crippen LogP contribution is 2.14. The maximum Gasteiger partial charge on any atom is 0.0208 e. The van der Waals surface area contributed by atoms with Crippen LogP contribution in [0, 0.1) is 0 Å². The molecule has 1 N–H and O–H groups in total. The van der Waals surface area contributed by atoms with E-state index in [0.29, 0.717) is 5.92 Å². The van der Waals surface area contributed by atoms with Crippen LogP contribution < -0.4 is 5.32 Å². The summed E-state index contributed by atoms with van der Waals surface area (Å²) in [7, 11) is 0. The predicted octanol–water partition coefficient (Wildman–Crippen LogP) is 3.51. The molecule has 0 amide bonds. The molecule has 15 heavy (non-hydrogen) atoms. The highest BCUT2D eigenvalue weighted by Gasteiger charge is 1.97. The lowest BCUT2D eigenvalue weighted by Gasteiger charge is -2.07. The Hall–Kier alpha value is -0.790. The maximum absolute atomic E-state index is 3.67. The van der Waals surface area contributed by atoms with Crippen molar-refractivity contribution in [1.82, 2.24) is 5.32 Å². The van der Waals surface area contributed by atoms with E-state index in [1.807, 2.05) is 6.08 Å². The Morgan fingerprint density at radius 3 is 2.33 bits per heavy atom. The molecule has 0 aliphatic carbocycles. The van der Waals surface area contributed by atoms with Gasteiger partial charge in [-0.15, -0.1) is 19.0 Å². The Morgan fingerprint density at radius 2 is 1.87 bits per heavy atom. The summed E-state index contributed by atoms with van der Waals surface area (Å²) in [5, 5.41) is 3.28. The average Bonchev–Trinajstić information content (AvgIpc) is 2.19. The Kier molecular flexibility index (Phi) is 7.10. The molecule has 0 aliphatic rings. The van der Waals surface area contributed by atoms with Gasteiger partial charge < -0.3 is 5.32 Å². The standard InChI is InChI=1S/C13H19N.ClH/c1-4-9-14-10-12-5-7-13(8-6-12)11(2)3;/h4-8,11,14H,1,9-10H2,2-3H3;1H. The molecule has 1 aromatic carbocycles. The number of hydrogen-bond acceptors (Lipinski definition) is 1. The third-order valence-corrected chi connectivity index (χ3v) is 2.26. The SMILES string of the molecule is C=CCNCc1ccc(C(C)C)cc1.Cl. The molecule has 0 saturated carbocycles. The molecule has 1 aromatic rings. The van der Waals surface area contributed by atoms with Gasteiger partial charge >= 0.3 is 0 Å². The van der Waals surface area contributed by atoms with Crippen LogP contribution in [0.25, 0.3) is 0 Å². The first-order chi connectivity index (χ1) is 6.74. The second-order valence-corrected chi connectivity index (χ2v) is 3.82. The first kappa shape index (κ1) is 14.2. The molecule has 0 heterocycles. The maximum atomic E-state index is 3.67. The first-order valence-electron chi connectivity index (χ1n) is 5.14. The number of hydrogen-bond donors (Lipinski definition) is 1. The summed E-state index contributed by atoms with van der Waals surface area (Å²) in [4.78, 5) is 0. The normalized spacial score (nSPS) is 9.80. The summed E-state index contributed by atoms with van der Waals surface area (Å²) in [6.07, 6.45) is 1.88. The van der Waals surface area contributed by atoms with Crippen LogP contribution in [0.1, 0.15) is 30.9 Å². The Balaban J connectivity index is 0.00000196. The van der Waals surface area contributed by atoms with Crippen molar-refractivity contribution in [2.24, 2.45) is 0 Å². The van der Waals surface area contributed by atoms with Crippen molar-refractivity contribution in [2.75, 3.05) is 6.54 Å². The Bertz CT molecular complexity index is 277. The topological polar surface area (TPSA) is 12.0 Å². The number of rotatable bonds is 5. The van der Waals surface area contributed by atoms with E-state index >= 15 is 0 Å². The second kappa shape index (κ2) is 7.49. The minimum absolute atomic E-state index is 0. The molecule has 84 valence electrons. The van der Waals surface area contributed by atoms with Crippen molar-refractivity contribution in [3.05, 3.63) is 48.0 Å². The molecule has 1 nitrogen and oxygen atoms in total. The minimum atomic E-state index is 0. The number of benzene rings is 1. The molecule has 1 rings (SSSR count). The predicted molar refractivity (Wildman–Crippen MR) is 69.7 cm³/mol. The van der Waals surface area contributed by atoms with Gasteiger partial charge in [-0.05, 0) is 17.0 Å². The van der Waals surface area contributed by atoms with Gasteiger partial charge in [0.1, 0.15) is 0 Å². The zero-order chi connectivity index (χ0) is 10.4. The van der Waals surface area contributed by atoms with E-state index in [4.69, 9.17) is 0 Å². The lowest BCUT2D eigenvalue weighted by Crippen LogP contribution is -2.12. The molecule has 0 fully saturated rings. The summed E-state index contributed by atoms with van der Waals surface area (Å²) in [5.41, 5.74) is 2.73.